The first kappa shape index (κ1) is 23.5. The van der Waals surface area contributed by atoms with Gasteiger partial charge in [0.05, 0.1) is 26.6 Å². The van der Waals surface area contributed by atoms with Crippen LogP contribution >= 0.6 is 23.2 Å². The molecule has 0 aliphatic carbocycles. The number of halogens is 2. The number of fused-ring (bicyclic) bond motifs is 1. The number of anilines is 1. The van der Waals surface area contributed by atoms with Crippen LogP contribution in [0.15, 0.2) is 35.1 Å². The van der Waals surface area contributed by atoms with Gasteiger partial charge in [0.15, 0.2) is 0 Å². The summed E-state index contributed by atoms with van der Waals surface area (Å²) in [6.07, 6.45) is 0. The van der Waals surface area contributed by atoms with Crippen molar-refractivity contribution in [3.63, 3.8) is 0 Å². The quantitative estimate of drug-likeness (QED) is 0.569. The third-order valence-corrected chi connectivity index (χ3v) is 6.53. The molecule has 0 bridgehead atoms. The van der Waals surface area contributed by atoms with Gasteiger partial charge in [-0.3, -0.25) is 9.59 Å². The second-order valence-corrected chi connectivity index (χ2v) is 9.53. The highest BCUT2D eigenvalue weighted by Gasteiger charge is 2.19. The fourth-order valence-electron chi connectivity index (χ4n) is 3.82. The van der Waals surface area contributed by atoms with E-state index in [9.17, 15) is 9.59 Å². The van der Waals surface area contributed by atoms with Crippen LogP contribution in [0, 0.1) is 5.92 Å². The zero-order valence-corrected chi connectivity index (χ0v) is 20.4. The van der Waals surface area contributed by atoms with Crippen LogP contribution in [0.2, 0.25) is 10.0 Å². The van der Waals surface area contributed by atoms with Crippen molar-refractivity contribution in [2.45, 2.75) is 20.4 Å². The van der Waals surface area contributed by atoms with Gasteiger partial charge in [0.1, 0.15) is 5.82 Å². The normalized spacial score (nSPS) is 14.8. The summed E-state index contributed by atoms with van der Waals surface area (Å²) in [5.41, 5.74) is 2.54. The Bertz CT molecular complexity index is 1250. The molecule has 1 aromatic heterocycles. The summed E-state index contributed by atoms with van der Waals surface area (Å²) in [5, 5.41) is 4.38. The van der Waals surface area contributed by atoms with E-state index in [1.807, 2.05) is 32.0 Å². The fraction of sp³-hybridized carbons (Fsp3) is 0.375. The Morgan fingerprint density at radius 3 is 2.55 bits per heavy atom. The lowest BCUT2D eigenvalue weighted by Gasteiger charge is -2.34. The Labute approximate surface area is 202 Å². The van der Waals surface area contributed by atoms with E-state index in [1.54, 1.807) is 12.1 Å². The number of nitrogens with zero attached hydrogens (tertiary/aromatic N) is 3. The highest BCUT2D eigenvalue weighted by molar-refractivity contribution is 6.34. The van der Waals surface area contributed by atoms with Crippen molar-refractivity contribution in [1.29, 1.82) is 0 Å². The lowest BCUT2D eigenvalue weighted by Crippen LogP contribution is -2.44. The summed E-state index contributed by atoms with van der Waals surface area (Å²) in [6.45, 7) is 7.61. The molecule has 1 saturated heterocycles. The zero-order valence-electron chi connectivity index (χ0n) is 18.9. The van der Waals surface area contributed by atoms with Crippen LogP contribution in [-0.2, 0) is 11.3 Å². The average molecular weight is 488 g/mol. The first-order valence-corrected chi connectivity index (χ1v) is 11.7. The van der Waals surface area contributed by atoms with E-state index in [0.29, 0.717) is 38.9 Å². The molecule has 0 unspecified atom stereocenters. The molecular weight excluding hydrogens is 461 g/mol. The van der Waals surface area contributed by atoms with E-state index >= 15 is 0 Å². The van der Waals surface area contributed by atoms with Gasteiger partial charge in [-0.05, 0) is 36.9 Å². The van der Waals surface area contributed by atoms with Crippen LogP contribution in [0.5, 0.6) is 0 Å². The lowest BCUT2D eigenvalue weighted by atomic mass is 10.1. The predicted octanol–water partition coefficient (Wildman–Crippen LogP) is 3.92. The summed E-state index contributed by atoms with van der Waals surface area (Å²) in [4.78, 5) is 36.9. The second-order valence-electron chi connectivity index (χ2n) is 8.71. The minimum atomic E-state index is -0.253. The first-order valence-electron chi connectivity index (χ1n) is 11.0. The van der Waals surface area contributed by atoms with E-state index in [-0.39, 0.29) is 17.4 Å². The monoisotopic (exact) mass is 487 g/mol. The molecule has 1 aliphatic heterocycles. The van der Waals surface area contributed by atoms with Gasteiger partial charge in [-0.15, -0.1) is 0 Å². The molecule has 1 aliphatic rings. The van der Waals surface area contributed by atoms with Crippen LogP contribution in [0.25, 0.3) is 22.3 Å². The number of H-pyrrole nitrogens is 1. The van der Waals surface area contributed by atoms with Gasteiger partial charge in [0.2, 0.25) is 5.91 Å². The van der Waals surface area contributed by atoms with Crippen LogP contribution in [0.4, 0.5) is 5.69 Å². The number of nitrogens with one attached hydrogen (secondary N) is 2. The molecule has 0 spiro atoms. The van der Waals surface area contributed by atoms with Crippen molar-refractivity contribution >= 4 is 45.7 Å². The summed E-state index contributed by atoms with van der Waals surface area (Å²) in [7, 11) is 2.09. The number of hydrogen-bond donors (Lipinski definition) is 2. The topological polar surface area (TPSA) is 81.3 Å². The van der Waals surface area contributed by atoms with Crippen molar-refractivity contribution in [2.24, 2.45) is 5.92 Å². The Morgan fingerprint density at radius 2 is 1.85 bits per heavy atom. The number of amides is 1. The van der Waals surface area contributed by atoms with Crippen LogP contribution in [-0.4, -0.2) is 54.0 Å². The summed E-state index contributed by atoms with van der Waals surface area (Å²) >= 11 is 13.0. The molecule has 3 aromatic rings. The Morgan fingerprint density at radius 1 is 1.12 bits per heavy atom. The highest BCUT2D eigenvalue weighted by Crippen LogP contribution is 2.32. The van der Waals surface area contributed by atoms with Gasteiger partial charge in [-0.2, -0.15) is 0 Å². The fourth-order valence-corrected chi connectivity index (χ4v) is 4.31. The molecule has 174 valence electrons. The predicted molar refractivity (Wildman–Crippen MR) is 134 cm³/mol. The van der Waals surface area contributed by atoms with Gasteiger partial charge in [-0.25, -0.2) is 4.98 Å². The standard InChI is InChI=1S/C24H27Cl2N5O2/c1-14(2)23(32)27-13-15-4-5-18(25)16(10-15)22-28-20-12-19(26)21(11-17(20)24(33)29-22)31-8-6-30(3)7-9-31/h4-5,10-12,14H,6-9,13H2,1-3H3,(H,27,32)(H,28,29,33). The van der Waals surface area contributed by atoms with Crippen molar-refractivity contribution in [3.8, 4) is 11.4 Å². The molecule has 0 radical (unpaired) electrons. The van der Waals surface area contributed by atoms with E-state index in [1.165, 1.54) is 0 Å². The number of carbonyl (C=O) groups excluding carboxylic acids is 1. The molecule has 1 fully saturated rings. The number of benzene rings is 2. The van der Waals surface area contributed by atoms with Crippen molar-refractivity contribution in [1.82, 2.24) is 20.2 Å². The SMILES string of the molecule is CC(C)C(=O)NCc1ccc(Cl)c(-c2nc3cc(Cl)c(N4CCN(C)CC4)cc3c(=O)[nH]2)c1. The highest BCUT2D eigenvalue weighted by atomic mass is 35.5. The minimum Gasteiger partial charge on any atom is -0.368 e. The molecule has 2 N–H and O–H groups in total. The van der Waals surface area contributed by atoms with Gasteiger partial charge in [-0.1, -0.05) is 43.1 Å². The molecule has 0 saturated carbocycles. The van der Waals surface area contributed by atoms with Gasteiger partial charge in [0.25, 0.3) is 5.56 Å². The van der Waals surface area contributed by atoms with E-state index in [2.05, 4.69) is 32.1 Å². The van der Waals surface area contributed by atoms with Crippen molar-refractivity contribution in [3.05, 3.63) is 56.3 Å². The maximum atomic E-state index is 13.0. The molecule has 0 atom stereocenters. The molecule has 4 rings (SSSR count). The number of hydrogen-bond acceptors (Lipinski definition) is 5. The van der Waals surface area contributed by atoms with E-state index in [4.69, 9.17) is 23.2 Å². The number of likely N-dealkylation sites (N-methyl/N-ethyl adjacent to an activating group) is 1. The number of aromatic nitrogens is 2. The van der Waals surface area contributed by atoms with Crippen molar-refractivity contribution in [2.75, 3.05) is 38.1 Å². The van der Waals surface area contributed by atoms with Crippen LogP contribution < -0.4 is 15.8 Å². The third kappa shape index (κ3) is 5.16. The molecular formula is C24H27Cl2N5O2. The van der Waals surface area contributed by atoms with Gasteiger partial charge < -0.3 is 20.1 Å². The molecule has 33 heavy (non-hydrogen) atoms. The van der Waals surface area contributed by atoms with Gasteiger partial charge >= 0.3 is 0 Å². The molecule has 1 amide bonds. The molecule has 9 heteroatoms. The number of rotatable bonds is 5. The molecule has 7 nitrogen and oxygen atoms in total. The first-order chi connectivity index (χ1) is 15.7. The maximum Gasteiger partial charge on any atom is 0.259 e. The number of carbonyl (C=O) groups is 1. The van der Waals surface area contributed by atoms with E-state index < -0.39 is 0 Å². The van der Waals surface area contributed by atoms with Gasteiger partial charge in [0, 0.05) is 44.2 Å². The summed E-state index contributed by atoms with van der Waals surface area (Å²) in [5.74, 6) is 0.225. The summed E-state index contributed by atoms with van der Waals surface area (Å²) < 4.78 is 0. The van der Waals surface area contributed by atoms with Crippen molar-refractivity contribution < 1.29 is 4.79 Å². The average Bonchev–Trinajstić information content (AvgIpc) is 2.78. The lowest BCUT2D eigenvalue weighted by molar-refractivity contribution is -0.124. The Kier molecular flexibility index (Phi) is 6.93. The smallest absolute Gasteiger partial charge is 0.259 e. The second kappa shape index (κ2) is 9.71. The molecule has 2 aromatic carbocycles. The minimum absolute atomic E-state index is 0.0328. The molecule has 2 heterocycles. The van der Waals surface area contributed by atoms with Crippen LogP contribution in [0.3, 0.4) is 0 Å². The van der Waals surface area contributed by atoms with Crippen LogP contribution in [0.1, 0.15) is 19.4 Å². The zero-order chi connectivity index (χ0) is 23.7. The third-order valence-electron chi connectivity index (χ3n) is 5.89. The maximum absolute atomic E-state index is 13.0. The van der Waals surface area contributed by atoms with E-state index in [0.717, 1.165) is 37.4 Å². The number of piperazine rings is 1. The Hall–Kier alpha value is -2.61. The number of aromatic amines is 1. The summed E-state index contributed by atoms with van der Waals surface area (Å²) in [6, 6.07) is 8.96. The largest absolute Gasteiger partial charge is 0.368 e. The Balaban J connectivity index is 1.68.